The number of nitrogens with one attached hydrogen (secondary N) is 1. The zero-order chi connectivity index (χ0) is 21.6. The molecule has 5 rings (SSSR count). The highest BCUT2D eigenvalue weighted by molar-refractivity contribution is 7.79. The Morgan fingerprint density at radius 1 is 1.23 bits per heavy atom. The van der Waals surface area contributed by atoms with Crippen molar-refractivity contribution in [1.82, 2.24) is 19.5 Å². The Hall–Kier alpha value is -2.92. The maximum absolute atomic E-state index is 15.4. The van der Waals surface area contributed by atoms with Crippen LogP contribution in [-0.4, -0.2) is 40.8 Å². The third kappa shape index (κ3) is 3.28. The van der Waals surface area contributed by atoms with E-state index in [-0.39, 0.29) is 10.9 Å². The molecule has 4 heterocycles. The van der Waals surface area contributed by atoms with Gasteiger partial charge in [-0.15, -0.1) is 5.10 Å². The lowest BCUT2D eigenvalue weighted by atomic mass is 9.81. The fourth-order valence-corrected chi connectivity index (χ4v) is 4.77. The smallest absolute Gasteiger partial charge is 0.233 e. The summed E-state index contributed by atoms with van der Waals surface area (Å²) in [7, 11) is 0. The van der Waals surface area contributed by atoms with Gasteiger partial charge >= 0.3 is 0 Å². The number of halogens is 1. The van der Waals surface area contributed by atoms with Gasteiger partial charge in [-0.05, 0) is 49.0 Å². The molecule has 1 saturated carbocycles. The van der Waals surface area contributed by atoms with Crippen molar-refractivity contribution < 1.29 is 13.2 Å². The minimum atomic E-state index is -2.34. The molecule has 1 aliphatic heterocycles. The van der Waals surface area contributed by atoms with Gasteiger partial charge < -0.3 is 9.87 Å². The fraction of sp³-hybridized carbons (Fsp3) is 0.400. The molecule has 1 aliphatic carbocycles. The molecule has 3 aromatic rings. The van der Waals surface area contributed by atoms with Crippen LogP contribution in [0.5, 0.6) is 0 Å². The summed E-state index contributed by atoms with van der Waals surface area (Å²) in [6.07, 6.45) is 7.25. The SMILES string of the molecule is CCN1N=C(F)C2(CCCCC2)n2c1cc1cnc(Nc3ccc(S(=O)[O-])cn3)nc12. The average molecular weight is 443 g/mol. The number of rotatable bonds is 4. The molecule has 31 heavy (non-hydrogen) atoms. The van der Waals surface area contributed by atoms with E-state index in [1.54, 1.807) is 17.3 Å². The molecular formula is C20H21FN7O2S-. The van der Waals surface area contributed by atoms with E-state index in [0.717, 1.165) is 30.5 Å². The Morgan fingerprint density at radius 2 is 2.03 bits per heavy atom. The highest BCUT2D eigenvalue weighted by atomic mass is 32.2. The van der Waals surface area contributed by atoms with Crippen LogP contribution >= 0.6 is 0 Å². The lowest BCUT2D eigenvalue weighted by Gasteiger charge is -2.42. The van der Waals surface area contributed by atoms with Gasteiger partial charge in [-0.2, -0.15) is 9.37 Å². The Labute approximate surface area is 180 Å². The average Bonchev–Trinajstić information content (AvgIpc) is 3.17. The van der Waals surface area contributed by atoms with Gasteiger partial charge in [0.15, 0.2) is 0 Å². The number of hydrazone groups is 1. The molecule has 0 aromatic carbocycles. The van der Waals surface area contributed by atoms with E-state index >= 15 is 4.39 Å². The first-order valence-corrected chi connectivity index (χ1v) is 11.3. The van der Waals surface area contributed by atoms with E-state index in [1.165, 1.54) is 12.3 Å². The molecule has 0 radical (unpaired) electrons. The Balaban J connectivity index is 1.59. The van der Waals surface area contributed by atoms with Crippen LogP contribution in [0.4, 0.5) is 22.0 Å². The highest BCUT2D eigenvalue weighted by Gasteiger charge is 2.46. The minimum Gasteiger partial charge on any atom is -0.768 e. The second-order valence-corrected chi connectivity index (χ2v) is 8.69. The molecule has 162 valence electrons. The number of fused-ring (bicyclic) bond motifs is 4. The molecular weight excluding hydrogens is 421 g/mol. The summed E-state index contributed by atoms with van der Waals surface area (Å²) in [5.74, 6) is 1.16. The summed E-state index contributed by atoms with van der Waals surface area (Å²) in [5, 5.41) is 9.73. The summed E-state index contributed by atoms with van der Waals surface area (Å²) in [5.41, 5.74) is -0.180. The lowest BCUT2D eigenvalue weighted by molar-refractivity contribution is 0.262. The number of anilines is 3. The lowest BCUT2D eigenvalue weighted by Crippen LogP contribution is -2.47. The van der Waals surface area contributed by atoms with Gasteiger partial charge in [-0.1, -0.05) is 19.3 Å². The van der Waals surface area contributed by atoms with Crippen molar-refractivity contribution in [2.24, 2.45) is 5.10 Å². The molecule has 2 aliphatic rings. The molecule has 0 saturated heterocycles. The van der Waals surface area contributed by atoms with E-state index < -0.39 is 16.6 Å². The van der Waals surface area contributed by atoms with Crippen molar-refractivity contribution in [3.05, 3.63) is 30.6 Å². The minimum absolute atomic E-state index is 0.0937. The largest absolute Gasteiger partial charge is 0.768 e. The second kappa shape index (κ2) is 7.65. The molecule has 1 unspecified atom stereocenters. The summed E-state index contributed by atoms with van der Waals surface area (Å²) < 4.78 is 39.4. The van der Waals surface area contributed by atoms with Crippen LogP contribution in [0.2, 0.25) is 0 Å². The van der Waals surface area contributed by atoms with Crippen LogP contribution in [0.1, 0.15) is 39.0 Å². The van der Waals surface area contributed by atoms with Crippen LogP contribution in [0.3, 0.4) is 0 Å². The van der Waals surface area contributed by atoms with Crippen LogP contribution in [-0.2, 0) is 16.6 Å². The van der Waals surface area contributed by atoms with Crippen LogP contribution in [0, 0.1) is 0 Å². The maximum atomic E-state index is 15.4. The van der Waals surface area contributed by atoms with Gasteiger partial charge in [0.25, 0.3) is 0 Å². The first-order chi connectivity index (χ1) is 15.0. The van der Waals surface area contributed by atoms with Gasteiger partial charge in [0.1, 0.15) is 22.8 Å². The Bertz CT molecular complexity index is 1190. The number of hydrogen-bond donors (Lipinski definition) is 1. The van der Waals surface area contributed by atoms with E-state index in [0.29, 0.717) is 36.8 Å². The van der Waals surface area contributed by atoms with Crippen LogP contribution in [0.25, 0.3) is 11.0 Å². The molecule has 9 nitrogen and oxygen atoms in total. The van der Waals surface area contributed by atoms with Crippen LogP contribution < -0.4 is 10.3 Å². The number of aromatic nitrogens is 4. The molecule has 1 atom stereocenters. The van der Waals surface area contributed by atoms with Crippen molar-refractivity contribution in [2.45, 2.75) is 49.5 Å². The summed E-state index contributed by atoms with van der Waals surface area (Å²) in [4.78, 5) is 13.2. The predicted molar refractivity (Wildman–Crippen MR) is 115 cm³/mol. The summed E-state index contributed by atoms with van der Waals surface area (Å²) in [6, 6.07) is 4.93. The summed E-state index contributed by atoms with van der Waals surface area (Å²) in [6.45, 7) is 2.47. The maximum Gasteiger partial charge on any atom is 0.233 e. The first kappa shape index (κ1) is 20.0. The van der Waals surface area contributed by atoms with E-state index in [9.17, 15) is 8.76 Å². The Kier molecular flexibility index (Phi) is 4.94. The van der Waals surface area contributed by atoms with Gasteiger partial charge in [-0.25, -0.2) is 15.0 Å². The van der Waals surface area contributed by atoms with Crippen molar-refractivity contribution in [3.63, 3.8) is 0 Å². The van der Waals surface area contributed by atoms with Crippen molar-refractivity contribution in [3.8, 4) is 0 Å². The van der Waals surface area contributed by atoms with Crippen molar-refractivity contribution in [2.75, 3.05) is 16.9 Å². The molecule has 0 amide bonds. The van der Waals surface area contributed by atoms with Gasteiger partial charge in [-0.3, -0.25) is 8.78 Å². The normalized spacial score (nSPS) is 18.7. The second-order valence-electron chi connectivity index (χ2n) is 7.75. The third-order valence-corrected chi connectivity index (χ3v) is 6.58. The predicted octanol–water partition coefficient (Wildman–Crippen LogP) is 3.59. The van der Waals surface area contributed by atoms with E-state index in [2.05, 4.69) is 25.4 Å². The standard InChI is InChI=1S/C20H22FN7O2S/c1-2-27-16-10-13-11-23-19(24-15-7-6-14(12-22-15)31(29)30)25-17(13)28(16)20(18(21)26-27)8-4-3-5-9-20/h6-7,10-12H,2-5,8-9H2,1H3,(H,29,30)(H,22,23,24,25)/p-1. The zero-order valence-electron chi connectivity index (χ0n) is 16.9. The van der Waals surface area contributed by atoms with Gasteiger partial charge in [0, 0.05) is 29.2 Å². The zero-order valence-corrected chi connectivity index (χ0v) is 17.7. The fourth-order valence-electron chi connectivity index (χ4n) is 4.46. The topological polar surface area (TPSA) is 111 Å². The van der Waals surface area contributed by atoms with Crippen molar-refractivity contribution >= 4 is 45.7 Å². The monoisotopic (exact) mass is 442 g/mol. The summed E-state index contributed by atoms with van der Waals surface area (Å²) >= 11 is -2.34. The first-order valence-electron chi connectivity index (χ1n) is 10.3. The van der Waals surface area contributed by atoms with Crippen LogP contribution in [0.15, 0.2) is 40.6 Å². The molecule has 1 N–H and O–H groups in total. The van der Waals surface area contributed by atoms with Crippen molar-refractivity contribution in [1.29, 1.82) is 0 Å². The Morgan fingerprint density at radius 3 is 2.71 bits per heavy atom. The van der Waals surface area contributed by atoms with E-state index in [1.807, 2.05) is 17.6 Å². The van der Waals surface area contributed by atoms with Gasteiger partial charge in [0.2, 0.25) is 11.9 Å². The molecule has 11 heteroatoms. The quantitative estimate of drug-likeness (QED) is 0.615. The number of pyridine rings is 1. The van der Waals surface area contributed by atoms with E-state index in [4.69, 9.17) is 0 Å². The molecule has 1 fully saturated rings. The van der Waals surface area contributed by atoms with Gasteiger partial charge in [0.05, 0.1) is 0 Å². The third-order valence-electron chi connectivity index (χ3n) is 5.96. The number of nitrogens with zero attached hydrogens (tertiary/aromatic N) is 6. The number of hydrogen-bond acceptors (Lipinski definition) is 8. The molecule has 0 bridgehead atoms. The highest BCUT2D eigenvalue weighted by Crippen LogP contribution is 2.45. The molecule has 3 aromatic heterocycles. The molecule has 1 spiro atoms.